The lowest BCUT2D eigenvalue weighted by atomic mass is 9.95. The zero-order valence-electron chi connectivity index (χ0n) is 17.4. The second kappa shape index (κ2) is 8.53. The predicted molar refractivity (Wildman–Crippen MR) is 119 cm³/mol. The maximum Gasteiger partial charge on any atom is 0.244 e. The Balaban J connectivity index is 1.72. The normalized spacial score (nSPS) is 16.4. The zero-order chi connectivity index (χ0) is 22.0. The molecular formula is C24H24N2O4S. The summed E-state index contributed by atoms with van der Waals surface area (Å²) in [4.78, 5) is 13.5. The highest BCUT2D eigenvalue weighted by atomic mass is 32.2. The molecule has 0 fully saturated rings. The molecule has 1 amide bonds. The van der Waals surface area contributed by atoms with Crippen molar-refractivity contribution in [1.82, 2.24) is 4.31 Å². The molecule has 7 heteroatoms. The molecule has 31 heavy (non-hydrogen) atoms. The van der Waals surface area contributed by atoms with E-state index in [9.17, 15) is 13.2 Å². The molecule has 0 radical (unpaired) electrons. The lowest BCUT2D eigenvalue weighted by molar-refractivity contribution is -0.120. The molecule has 1 atom stereocenters. The predicted octanol–water partition coefficient (Wildman–Crippen LogP) is 3.76. The van der Waals surface area contributed by atoms with Gasteiger partial charge in [0.2, 0.25) is 15.9 Å². The van der Waals surface area contributed by atoms with Crippen LogP contribution in [-0.2, 0) is 27.8 Å². The van der Waals surface area contributed by atoms with Crippen LogP contribution < -0.4 is 10.1 Å². The summed E-state index contributed by atoms with van der Waals surface area (Å²) in [6.07, 6.45) is 0.294. The number of hydrogen-bond donors (Lipinski definition) is 1. The quantitative estimate of drug-likeness (QED) is 0.661. The average Bonchev–Trinajstić information content (AvgIpc) is 2.78. The van der Waals surface area contributed by atoms with Crippen molar-refractivity contribution < 1.29 is 17.9 Å². The number of carbonyl (C=O) groups excluding carboxylic acids is 1. The molecule has 0 unspecified atom stereocenters. The van der Waals surface area contributed by atoms with Crippen LogP contribution in [0.15, 0.2) is 77.7 Å². The lowest BCUT2D eigenvalue weighted by Crippen LogP contribution is -2.50. The van der Waals surface area contributed by atoms with Gasteiger partial charge in [0.15, 0.2) is 0 Å². The van der Waals surface area contributed by atoms with Gasteiger partial charge in [0.25, 0.3) is 0 Å². The van der Waals surface area contributed by atoms with Crippen LogP contribution in [0, 0.1) is 6.92 Å². The summed E-state index contributed by atoms with van der Waals surface area (Å²) in [7, 11) is -2.36. The molecule has 0 bridgehead atoms. The number of carbonyl (C=O) groups is 1. The van der Waals surface area contributed by atoms with E-state index in [2.05, 4.69) is 5.32 Å². The van der Waals surface area contributed by atoms with Crippen LogP contribution in [-0.4, -0.2) is 31.8 Å². The molecule has 4 rings (SSSR count). The molecule has 1 N–H and O–H groups in total. The molecule has 6 nitrogen and oxygen atoms in total. The molecule has 0 aromatic heterocycles. The Labute approximate surface area is 182 Å². The van der Waals surface area contributed by atoms with Crippen LogP contribution in [0.3, 0.4) is 0 Å². The standard InChI is InChI=1S/C24H24N2O4S/c1-17-11-13-20(14-12-17)31(28,29)26-16-19-8-4-3-7-18(19)15-22(26)24(27)25-21-9-5-6-10-23(21)30-2/h3-14,22H,15-16H2,1-2H3,(H,25,27)/t22-/m1/s1. The second-order valence-corrected chi connectivity index (χ2v) is 9.43. The van der Waals surface area contributed by atoms with Gasteiger partial charge in [-0.15, -0.1) is 0 Å². The summed E-state index contributed by atoms with van der Waals surface area (Å²) in [5.74, 6) is 0.120. The fraction of sp³-hybridized carbons (Fsp3) is 0.208. The van der Waals surface area contributed by atoms with Gasteiger partial charge in [-0.25, -0.2) is 8.42 Å². The minimum atomic E-state index is -3.88. The van der Waals surface area contributed by atoms with E-state index in [0.717, 1.165) is 16.7 Å². The first kappa shape index (κ1) is 21.1. The number of sulfonamides is 1. The Kier molecular flexibility index (Phi) is 5.80. The van der Waals surface area contributed by atoms with Crippen molar-refractivity contribution in [3.63, 3.8) is 0 Å². The van der Waals surface area contributed by atoms with Gasteiger partial charge in [-0.05, 0) is 48.7 Å². The number of nitrogens with one attached hydrogen (secondary N) is 1. The largest absolute Gasteiger partial charge is 0.495 e. The van der Waals surface area contributed by atoms with E-state index in [4.69, 9.17) is 4.74 Å². The number of hydrogen-bond acceptors (Lipinski definition) is 4. The molecule has 1 aliphatic heterocycles. The molecule has 0 saturated carbocycles. The first-order valence-corrected chi connectivity index (χ1v) is 11.4. The first-order valence-electron chi connectivity index (χ1n) is 9.99. The lowest BCUT2D eigenvalue weighted by Gasteiger charge is -2.35. The Hall–Kier alpha value is -3.16. The third-order valence-corrected chi connectivity index (χ3v) is 7.37. The van der Waals surface area contributed by atoms with E-state index >= 15 is 0 Å². The van der Waals surface area contributed by atoms with Crippen LogP contribution >= 0.6 is 0 Å². The van der Waals surface area contributed by atoms with Crippen LogP contribution in [0.2, 0.25) is 0 Å². The van der Waals surface area contributed by atoms with Crippen molar-refractivity contribution in [2.45, 2.75) is 30.8 Å². The van der Waals surface area contributed by atoms with Crippen molar-refractivity contribution >= 4 is 21.6 Å². The van der Waals surface area contributed by atoms with Gasteiger partial charge in [0.1, 0.15) is 11.8 Å². The molecule has 160 valence electrons. The highest BCUT2D eigenvalue weighted by Crippen LogP contribution is 2.31. The van der Waals surface area contributed by atoms with Gasteiger partial charge in [-0.3, -0.25) is 4.79 Å². The van der Waals surface area contributed by atoms with Gasteiger partial charge in [0, 0.05) is 6.54 Å². The number of benzene rings is 3. The zero-order valence-corrected chi connectivity index (χ0v) is 18.2. The first-order chi connectivity index (χ1) is 14.9. The van der Waals surface area contributed by atoms with Crippen molar-refractivity contribution in [2.75, 3.05) is 12.4 Å². The number of methoxy groups -OCH3 is 1. The minimum Gasteiger partial charge on any atom is -0.495 e. The average molecular weight is 437 g/mol. The van der Waals surface area contributed by atoms with Crippen molar-refractivity contribution in [2.24, 2.45) is 0 Å². The number of rotatable bonds is 5. The van der Waals surface area contributed by atoms with Crippen LogP contribution in [0.5, 0.6) is 5.75 Å². The highest BCUT2D eigenvalue weighted by molar-refractivity contribution is 7.89. The molecule has 0 spiro atoms. The fourth-order valence-electron chi connectivity index (χ4n) is 3.78. The number of ether oxygens (including phenoxy) is 1. The summed E-state index contributed by atoms with van der Waals surface area (Å²) in [5, 5.41) is 2.85. The van der Waals surface area contributed by atoms with Gasteiger partial charge in [0.05, 0.1) is 17.7 Å². The molecule has 0 saturated heterocycles. The fourth-order valence-corrected chi connectivity index (χ4v) is 5.35. The molecule has 3 aromatic carbocycles. The maximum absolute atomic E-state index is 13.5. The summed E-state index contributed by atoms with van der Waals surface area (Å²) in [6, 6.07) is 20.5. The molecule has 1 aliphatic rings. The summed E-state index contributed by atoms with van der Waals surface area (Å²) >= 11 is 0. The molecular weight excluding hydrogens is 412 g/mol. The summed E-state index contributed by atoms with van der Waals surface area (Å²) < 4.78 is 33.7. The Morgan fingerprint density at radius 1 is 0.968 bits per heavy atom. The number of para-hydroxylation sites is 2. The number of fused-ring (bicyclic) bond motifs is 1. The SMILES string of the molecule is COc1ccccc1NC(=O)[C@H]1Cc2ccccc2CN1S(=O)(=O)c1ccc(C)cc1. The van der Waals surface area contributed by atoms with Crippen molar-refractivity contribution in [3.8, 4) is 5.75 Å². The topological polar surface area (TPSA) is 75.7 Å². The van der Waals surface area contributed by atoms with Crippen LogP contribution in [0.4, 0.5) is 5.69 Å². The number of nitrogens with zero attached hydrogens (tertiary/aromatic N) is 1. The highest BCUT2D eigenvalue weighted by Gasteiger charge is 2.39. The molecule has 1 heterocycles. The van der Waals surface area contributed by atoms with Gasteiger partial charge >= 0.3 is 0 Å². The Morgan fingerprint density at radius 3 is 2.32 bits per heavy atom. The second-order valence-electron chi connectivity index (χ2n) is 7.54. The monoisotopic (exact) mass is 436 g/mol. The van der Waals surface area contributed by atoms with Crippen LogP contribution in [0.25, 0.3) is 0 Å². The van der Waals surface area contributed by atoms with Gasteiger partial charge in [-0.1, -0.05) is 54.1 Å². The van der Waals surface area contributed by atoms with Gasteiger partial charge in [-0.2, -0.15) is 4.31 Å². The molecule has 0 aliphatic carbocycles. The number of amides is 1. The maximum atomic E-state index is 13.5. The third kappa shape index (κ3) is 4.19. The van der Waals surface area contributed by atoms with E-state index in [0.29, 0.717) is 17.9 Å². The van der Waals surface area contributed by atoms with E-state index in [1.54, 1.807) is 48.5 Å². The van der Waals surface area contributed by atoms with E-state index in [1.807, 2.05) is 31.2 Å². The Morgan fingerprint density at radius 2 is 1.61 bits per heavy atom. The molecule has 3 aromatic rings. The smallest absolute Gasteiger partial charge is 0.244 e. The summed E-state index contributed by atoms with van der Waals surface area (Å²) in [6.45, 7) is 2.04. The minimum absolute atomic E-state index is 0.135. The van der Waals surface area contributed by atoms with Crippen LogP contribution in [0.1, 0.15) is 16.7 Å². The van der Waals surface area contributed by atoms with Crippen molar-refractivity contribution in [1.29, 1.82) is 0 Å². The summed E-state index contributed by atoms with van der Waals surface area (Å²) in [5.41, 5.74) is 3.34. The number of aryl methyl sites for hydroxylation is 1. The van der Waals surface area contributed by atoms with E-state index in [1.165, 1.54) is 11.4 Å². The number of anilines is 1. The van der Waals surface area contributed by atoms with E-state index in [-0.39, 0.29) is 11.4 Å². The van der Waals surface area contributed by atoms with Crippen molar-refractivity contribution in [3.05, 3.63) is 89.5 Å². The third-order valence-electron chi connectivity index (χ3n) is 5.50. The Bertz CT molecular complexity index is 1210. The van der Waals surface area contributed by atoms with Gasteiger partial charge < -0.3 is 10.1 Å². The van der Waals surface area contributed by atoms with E-state index < -0.39 is 22.0 Å².